The topological polar surface area (TPSA) is 49.8 Å². The van der Waals surface area contributed by atoms with Crippen molar-refractivity contribution in [1.82, 2.24) is 0 Å². The van der Waals surface area contributed by atoms with Crippen LogP contribution >= 0.6 is 0 Å². The molecule has 18 heavy (non-hydrogen) atoms. The lowest BCUT2D eigenvalue weighted by atomic mass is 9.98. The smallest absolute Gasteiger partial charge is 0.325 e. The fraction of sp³-hybridized carbons (Fsp3) is 0.500. The van der Waals surface area contributed by atoms with E-state index in [1.807, 2.05) is 30.3 Å². The standard InChI is InChI=1S/C14H19NO3/c16-14(17)11-15(12-7-3-1-4-8-12)18-13-9-5-2-6-10-13/h1,3-4,7-8,13H,2,5-6,9-11H2,(H,16,17). The van der Waals surface area contributed by atoms with Crippen LogP contribution in [0.25, 0.3) is 0 Å². The van der Waals surface area contributed by atoms with Crippen molar-refractivity contribution in [2.24, 2.45) is 0 Å². The van der Waals surface area contributed by atoms with Gasteiger partial charge in [-0.05, 0) is 25.0 Å². The number of hydroxylamine groups is 1. The van der Waals surface area contributed by atoms with Gasteiger partial charge in [0.05, 0.1) is 11.8 Å². The van der Waals surface area contributed by atoms with Gasteiger partial charge in [0.15, 0.2) is 0 Å². The first kappa shape index (κ1) is 12.9. The predicted molar refractivity (Wildman–Crippen MR) is 69.4 cm³/mol. The number of carbonyl (C=O) groups is 1. The highest BCUT2D eigenvalue weighted by Gasteiger charge is 2.20. The van der Waals surface area contributed by atoms with Crippen LogP contribution in [-0.4, -0.2) is 23.7 Å². The Labute approximate surface area is 107 Å². The number of anilines is 1. The molecule has 1 aromatic carbocycles. The summed E-state index contributed by atoms with van der Waals surface area (Å²) in [5.41, 5.74) is 0.797. The fourth-order valence-electron chi connectivity index (χ4n) is 2.26. The molecule has 1 saturated carbocycles. The first-order valence-electron chi connectivity index (χ1n) is 6.47. The van der Waals surface area contributed by atoms with Crippen molar-refractivity contribution in [1.29, 1.82) is 0 Å². The van der Waals surface area contributed by atoms with Crippen LogP contribution in [0.1, 0.15) is 32.1 Å². The van der Waals surface area contributed by atoms with Crippen molar-refractivity contribution in [3.63, 3.8) is 0 Å². The summed E-state index contributed by atoms with van der Waals surface area (Å²) in [6, 6.07) is 9.41. The van der Waals surface area contributed by atoms with E-state index in [1.54, 1.807) is 0 Å². The molecule has 4 heteroatoms. The van der Waals surface area contributed by atoms with Crippen LogP contribution in [-0.2, 0) is 9.63 Å². The summed E-state index contributed by atoms with van der Waals surface area (Å²) in [5, 5.41) is 10.5. The Balaban J connectivity index is 2.02. The van der Waals surface area contributed by atoms with Crippen molar-refractivity contribution < 1.29 is 14.7 Å². The molecule has 2 rings (SSSR count). The minimum atomic E-state index is -0.880. The van der Waals surface area contributed by atoms with E-state index in [0.717, 1.165) is 18.5 Å². The molecule has 98 valence electrons. The lowest BCUT2D eigenvalue weighted by Crippen LogP contribution is -2.35. The summed E-state index contributed by atoms with van der Waals surface area (Å²) in [4.78, 5) is 16.7. The fourth-order valence-corrected chi connectivity index (χ4v) is 2.26. The minimum absolute atomic E-state index is 0.124. The number of nitrogens with zero attached hydrogens (tertiary/aromatic N) is 1. The monoisotopic (exact) mass is 249 g/mol. The molecule has 0 heterocycles. The van der Waals surface area contributed by atoms with E-state index in [-0.39, 0.29) is 12.6 Å². The van der Waals surface area contributed by atoms with Crippen molar-refractivity contribution in [2.45, 2.75) is 38.2 Å². The van der Waals surface area contributed by atoms with Gasteiger partial charge in [0.2, 0.25) is 0 Å². The van der Waals surface area contributed by atoms with E-state index in [4.69, 9.17) is 9.94 Å². The summed E-state index contributed by atoms with van der Waals surface area (Å²) in [6.45, 7) is -0.124. The van der Waals surface area contributed by atoms with Crippen LogP contribution in [0.5, 0.6) is 0 Å². The van der Waals surface area contributed by atoms with Crippen LogP contribution < -0.4 is 5.06 Å². The summed E-state index contributed by atoms with van der Waals surface area (Å²) in [6.07, 6.45) is 5.77. The summed E-state index contributed by atoms with van der Waals surface area (Å²) >= 11 is 0. The first-order chi connectivity index (χ1) is 8.75. The van der Waals surface area contributed by atoms with Crippen molar-refractivity contribution in [3.8, 4) is 0 Å². The van der Waals surface area contributed by atoms with E-state index in [0.29, 0.717) is 0 Å². The van der Waals surface area contributed by atoms with Crippen LogP contribution in [0.2, 0.25) is 0 Å². The molecule has 0 aromatic heterocycles. The van der Waals surface area contributed by atoms with Gasteiger partial charge in [0, 0.05) is 0 Å². The van der Waals surface area contributed by atoms with Crippen LogP contribution in [0.15, 0.2) is 30.3 Å². The molecule has 0 saturated heterocycles. The van der Waals surface area contributed by atoms with Gasteiger partial charge >= 0.3 is 5.97 Å². The maximum Gasteiger partial charge on any atom is 0.325 e. The van der Waals surface area contributed by atoms with E-state index in [1.165, 1.54) is 24.3 Å². The van der Waals surface area contributed by atoms with E-state index in [9.17, 15) is 4.79 Å². The molecule has 1 fully saturated rings. The Morgan fingerprint density at radius 3 is 2.50 bits per heavy atom. The number of carboxylic acid groups (broad SMARTS) is 1. The molecule has 0 unspecified atom stereocenters. The molecule has 0 bridgehead atoms. The molecule has 0 aliphatic heterocycles. The van der Waals surface area contributed by atoms with E-state index >= 15 is 0 Å². The van der Waals surface area contributed by atoms with Gasteiger partial charge in [-0.25, -0.2) is 5.06 Å². The molecular formula is C14H19NO3. The molecule has 0 radical (unpaired) electrons. The van der Waals surface area contributed by atoms with E-state index in [2.05, 4.69) is 0 Å². The van der Waals surface area contributed by atoms with Gasteiger partial charge < -0.3 is 5.11 Å². The van der Waals surface area contributed by atoms with Gasteiger partial charge in [-0.15, -0.1) is 0 Å². The number of carboxylic acids is 1. The number of hydrogen-bond acceptors (Lipinski definition) is 3. The average molecular weight is 249 g/mol. The Bertz CT molecular complexity index is 374. The number of hydrogen-bond donors (Lipinski definition) is 1. The highest BCUT2D eigenvalue weighted by atomic mass is 16.7. The summed E-state index contributed by atoms with van der Waals surface area (Å²) < 4.78 is 0. The highest BCUT2D eigenvalue weighted by Crippen LogP contribution is 2.23. The average Bonchev–Trinajstić information content (AvgIpc) is 2.40. The third-order valence-electron chi connectivity index (χ3n) is 3.15. The number of aliphatic carboxylic acids is 1. The second-order valence-corrected chi connectivity index (χ2v) is 4.63. The quantitative estimate of drug-likeness (QED) is 0.815. The zero-order valence-electron chi connectivity index (χ0n) is 10.4. The Morgan fingerprint density at radius 1 is 1.22 bits per heavy atom. The summed E-state index contributed by atoms with van der Waals surface area (Å²) in [5.74, 6) is -0.880. The van der Waals surface area contributed by atoms with Gasteiger partial charge in [-0.2, -0.15) is 0 Å². The van der Waals surface area contributed by atoms with Crippen molar-refractivity contribution in [2.75, 3.05) is 11.6 Å². The van der Waals surface area contributed by atoms with Crippen molar-refractivity contribution >= 4 is 11.7 Å². The second kappa shape index (κ2) is 6.40. The second-order valence-electron chi connectivity index (χ2n) is 4.63. The Morgan fingerprint density at radius 2 is 1.89 bits per heavy atom. The molecular weight excluding hydrogens is 230 g/mol. The number of para-hydroxylation sites is 1. The largest absolute Gasteiger partial charge is 0.480 e. The van der Waals surface area contributed by atoms with Crippen LogP contribution in [0.3, 0.4) is 0 Å². The van der Waals surface area contributed by atoms with Gasteiger partial charge in [0.1, 0.15) is 6.54 Å². The first-order valence-corrected chi connectivity index (χ1v) is 6.47. The summed E-state index contributed by atoms with van der Waals surface area (Å²) in [7, 11) is 0. The van der Waals surface area contributed by atoms with Gasteiger partial charge in [-0.1, -0.05) is 37.5 Å². The molecule has 0 amide bonds. The molecule has 1 aromatic rings. The van der Waals surface area contributed by atoms with Crippen molar-refractivity contribution in [3.05, 3.63) is 30.3 Å². The molecule has 4 nitrogen and oxygen atoms in total. The van der Waals surface area contributed by atoms with Gasteiger partial charge in [0.25, 0.3) is 0 Å². The Hall–Kier alpha value is -1.55. The third-order valence-corrected chi connectivity index (χ3v) is 3.15. The molecule has 0 atom stereocenters. The number of benzene rings is 1. The maximum atomic E-state index is 10.9. The third kappa shape index (κ3) is 3.74. The van der Waals surface area contributed by atoms with E-state index < -0.39 is 5.97 Å². The molecule has 1 aliphatic carbocycles. The highest BCUT2D eigenvalue weighted by molar-refractivity contribution is 5.72. The normalized spacial score (nSPS) is 16.4. The zero-order chi connectivity index (χ0) is 12.8. The predicted octanol–water partition coefficient (Wildman–Crippen LogP) is 2.84. The molecule has 1 aliphatic rings. The molecule has 0 spiro atoms. The van der Waals surface area contributed by atoms with Gasteiger partial charge in [-0.3, -0.25) is 9.63 Å². The minimum Gasteiger partial charge on any atom is -0.480 e. The SMILES string of the molecule is O=C(O)CN(OC1CCCCC1)c1ccccc1. The maximum absolute atomic E-state index is 10.9. The Kier molecular flexibility index (Phi) is 4.59. The lowest BCUT2D eigenvalue weighted by molar-refractivity contribution is -0.137. The zero-order valence-corrected chi connectivity index (χ0v) is 10.4. The molecule has 1 N–H and O–H groups in total. The number of rotatable bonds is 5. The van der Waals surface area contributed by atoms with Crippen LogP contribution in [0, 0.1) is 0 Å². The lowest BCUT2D eigenvalue weighted by Gasteiger charge is -2.29. The van der Waals surface area contributed by atoms with Crippen LogP contribution in [0.4, 0.5) is 5.69 Å².